The van der Waals surface area contributed by atoms with Crippen LogP contribution in [0.2, 0.25) is 5.02 Å². The summed E-state index contributed by atoms with van der Waals surface area (Å²) < 4.78 is 0. The molecule has 2 heteroatoms. The molecule has 1 aromatic heterocycles. The van der Waals surface area contributed by atoms with Crippen LogP contribution in [0.25, 0.3) is 0 Å². The van der Waals surface area contributed by atoms with Crippen molar-refractivity contribution in [1.29, 1.82) is 0 Å². The van der Waals surface area contributed by atoms with Crippen molar-refractivity contribution in [2.24, 2.45) is 0 Å². The lowest BCUT2D eigenvalue weighted by Crippen LogP contribution is -1.89. The Balaban J connectivity index is 2.24. The molecule has 0 aliphatic rings. The van der Waals surface area contributed by atoms with Gasteiger partial charge in [0.1, 0.15) is 0 Å². The average Bonchev–Trinajstić information content (AvgIpc) is 2.56. The summed E-state index contributed by atoms with van der Waals surface area (Å²) in [6.45, 7) is 4.25. The van der Waals surface area contributed by atoms with Gasteiger partial charge in [-0.2, -0.15) is 0 Å². The van der Waals surface area contributed by atoms with Crippen LogP contribution < -0.4 is 0 Å². The summed E-state index contributed by atoms with van der Waals surface area (Å²) in [5.74, 6) is 0. The van der Waals surface area contributed by atoms with E-state index >= 15 is 0 Å². The lowest BCUT2D eigenvalue weighted by atomic mass is 10.0. The minimum atomic E-state index is 0.817. The van der Waals surface area contributed by atoms with E-state index in [1.807, 2.05) is 12.1 Å². The first-order valence-corrected chi connectivity index (χ1v) is 6.20. The first-order chi connectivity index (χ1) is 7.15. The number of thiophene rings is 1. The predicted octanol–water partition coefficient (Wildman–Crippen LogP) is 4.61. The molecule has 0 radical (unpaired) electrons. The van der Waals surface area contributed by atoms with Gasteiger partial charge in [0, 0.05) is 9.90 Å². The summed E-state index contributed by atoms with van der Waals surface area (Å²) in [5.41, 5.74) is 4.02. The van der Waals surface area contributed by atoms with Crippen molar-refractivity contribution in [3.63, 3.8) is 0 Å². The Kier molecular flexibility index (Phi) is 3.13. The largest absolute Gasteiger partial charge is 0.149 e. The molecule has 2 rings (SSSR count). The molecule has 0 fully saturated rings. The molecular formula is C13H13ClS. The normalized spacial score (nSPS) is 10.6. The Labute approximate surface area is 99.5 Å². The van der Waals surface area contributed by atoms with Crippen LogP contribution in [0.5, 0.6) is 0 Å². The summed E-state index contributed by atoms with van der Waals surface area (Å²) in [7, 11) is 0. The van der Waals surface area contributed by atoms with E-state index in [0.29, 0.717) is 0 Å². The maximum Gasteiger partial charge on any atom is 0.0408 e. The maximum absolute atomic E-state index is 5.93. The van der Waals surface area contributed by atoms with Crippen molar-refractivity contribution in [1.82, 2.24) is 0 Å². The molecular weight excluding hydrogens is 224 g/mol. The third kappa shape index (κ3) is 2.61. The fourth-order valence-corrected chi connectivity index (χ4v) is 2.60. The Morgan fingerprint density at radius 2 is 2.00 bits per heavy atom. The Morgan fingerprint density at radius 1 is 1.20 bits per heavy atom. The third-order valence-electron chi connectivity index (χ3n) is 2.48. The fourth-order valence-electron chi connectivity index (χ4n) is 1.67. The number of halogens is 1. The molecule has 0 unspecified atom stereocenters. The number of hydrogen-bond donors (Lipinski definition) is 0. The zero-order chi connectivity index (χ0) is 10.8. The smallest absolute Gasteiger partial charge is 0.0408 e. The quantitative estimate of drug-likeness (QED) is 0.715. The first-order valence-electron chi connectivity index (χ1n) is 4.94. The monoisotopic (exact) mass is 236 g/mol. The molecule has 78 valence electrons. The van der Waals surface area contributed by atoms with E-state index < -0.39 is 0 Å². The highest BCUT2D eigenvalue weighted by molar-refractivity contribution is 7.10. The van der Waals surface area contributed by atoms with E-state index in [0.717, 1.165) is 11.4 Å². The summed E-state index contributed by atoms with van der Waals surface area (Å²) in [5, 5.41) is 3.04. The van der Waals surface area contributed by atoms with Gasteiger partial charge in [-0.05, 0) is 60.5 Å². The lowest BCUT2D eigenvalue weighted by molar-refractivity contribution is 1.17. The van der Waals surface area contributed by atoms with Crippen LogP contribution >= 0.6 is 22.9 Å². The molecule has 15 heavy (non-hydrogen) atoms. The molecule has 0 atom stereocenters. The number of benzene rings is 1. The zero-order valence-electron chi connectivity index (χ0n) is 8.88. The van der Waals surface area contributed by atoms with Crippen molar-refractivity contribution in [3.8, 4) is 0 Å². The van der Waals surface area contributed by atoms with E-state index in [9.17, 15) is 0 Å². The second kappa shape index (κ2) is 4.38. The zero-order valence-corrected chi connectivity index (χ0v) is 10.5. The Bertz CT molecular complexity index is 471. The standard InChI is InChI=1S/C13H13ClS/c1-9-5-13(14)4-3-12(9)7-11-6-10(2)15-8-11/h3-6,8H,7H2,1-2H3. The van der Waals surface area contributed by atoms with Crippen LogP contribution in [-0.4, -0.2) is 0 Å². The topological polar surface area (TPSA) is 0 Å². The van der Waals surface area contributed by atoms with Gasteiger partial charge < -0.3 is 0 Å². The molecule has 0 nitrogen and oxygen atoms in total. The number of rotatable bonds is 2. The van der Waals surface area contributed by atoms with Gasteiger partial charge in [0.25, 0.3) is 0 Å². The predicted molar refractivity (Wildman–Crippen MR) is 68.1 cm³/mol. The minimum absolute atomic E-state index is 0.817. The van der Waals surface area contributed by atoms with E-state index in [1.54, 1.807) is 11.3 Å². The van der Waals surface area contributed by atoms with Crippen molar-refractivity contribution in [3.05, 3.63) is 56.2 Å². The highest BCUT2D eigenvalue weighted by atomic mass is 35.5. The highest BCUT2D eigenvalue weighted by Crippen LogP contribution is 2.21. The first kappa shape index (κ1) is 10.7. The molecule has 0 bridgehead atoms. The molecule has 1 heterocycles. The average molecular weight is 237 g/mol. The van der Waals surface area contributed by atoms with Crippen LogP contribution in [-0.2, 0) is 6.42 Å². The van der Waals surface area contributed by atoms with E-state index in [4.69, 9.17) is 11.6 Å². The molecule has 0 amide bonds. The summed E-state index contributed by atoms with van der Waals surface area (Å²) in [6.07, 6.45) is 1.01. The van der Waals surface area contributed by atoms with Gasteiger partial charge >= 0.3 is 0 Å². The van der Waals surface area contributed by atoms with Crippen LogP contribution in [0.3, 0.4) is 0 Å². The van der Waals surface area contributed by atoms with Gasteiger partial charge in [0.15, 0.2) is 0 Å². The van der Waals surface area contributed by atoms with Crippen molar-refractivity contribution in [2.45, 2.75) is 20.3 Å². The second-order valence-electron chi connectivity index (χ2n) is 3.81. The van der Waals surface area contributed by atoms with Crippen LogP contribution in [0.4, 0.5) is 0 Å². The molecule has 0 N–H and O–H groups in total. The number of hydrogen-bond acceptors (Lipinski definition) is 1. The second-order valence-corrected chi connectivity index (χ2v) is 5.36. The molecule has 0 aliphatic carbocycles. The van der Waals surface area contributed by atoms with Gasteiger partial charge in [0.2, 0.25) is 0 Å². The van der Waals surface area contributed by atoms with Gasteiger partial charge in [-0.25, -0.2) is 0 Å². The van der Waals surface area contributed by atoms with Crippen LogP contribution in [0.1, 0.15) is 21.6 Å². The summed E-state index contributed by atoms with van der Waals surface area (Å²) >= 11 is 7.73. The van der Waals surface area contributed by atoms with Crippen molar-refractivity contribution >= 4 is 22.9 Å². The Morgan fingerprint density at radius 3 is 2.60 bits per heavy atom. The SMILES string of the molecule is Cc1cc(Cc2ccc(Cl)cc2C)cs1. The third-order valence-corrected chi connectivity index (χ3v) is 3.63. The lowest BCUT2D eigenvalue weighted by Gasteiger charge is -2.04. The van der Waals surface area contributed by atoms with Gasteiger partial charge in [-0.1, -0.05) is 17.7 Å². The van der Waals surface area contributed by atoms with E-state index in [-0.39, 0.29) is 0 Å². The van der Waals surface area contributed by atoms with E-state index in [1.165, 1.54) is 21.6 Å². The summed E-state index contributed by atoms with van der Waals surface area (Å²) in [4.78, 5) is 1.37. The summed E-state index contributed by atoms with van der Waals surface area (Å²) in [6, 6.07) is 8.35. The number of aryl methyl sites for hydroxylation is 2. The maximum atomic E-state index is 5.93. The fraction of sp³-hybridized carbons (Fsp3) is 0.231. The van der Waals surface area contributed by atoms with Crippen LogP contribution in [0, 0.1) is 13.8 Å². The molecule has 0 spiro atoms. The van der Waals surface area contributed by atoms with Crippen molar-refractivity contribution in [2.75, 3.05) is 0 Å². The van der Waals surface area contributed by atoms with Crippen molar-refractivity contribution < 1.29 is 0 Å². The van der Waals surface area contributed by atoms with Gasteiger partial charge in [-0.15, -0.1) is 11.3 Å². The van der Waals surface area contributed by atoms with E-state index in [2.05, 4.69) is 31.4 Å². The van der Waals surface area contributed by atoms with Gasteiger partial charge in [-0.3, -0.25) is 0 Å². The minimum Gasteiger partial charge on any atom is -0.149 e. The van der Waals surface area contributed by atoms with Gasteiger partial charge in [0.05, 0.1) is 0 Å². The molecule has 0 saturated carbocycles. The molecule has 2 aromatic rings. The molecule has 0 saturated heterocycles. The molecule has 0 aliphatic heterocycles. The Hall–Kier alpha value is -0.790. The highest BCUT2D eigenvalue weighted by Gasteiger charge is 2.02. The molecule has 1 aromatic carbocycles. The van der Waals surface area contributed by atoms with Crippen LogP contribution in [0.15, 0.2) is 29.6 Å².